The number of halogens is 1. The third-order valence-corrected chi connectivity index (χ3v) is 8.24. The van der Waals surface area contributed by atoms with Gasteiger partial charge in [0.2, 0.25) is 5.91 Å². The molecule has 5 nitrogen and oxygen atoms in total. The minimum atomic E-state index is -0.363. The van der Waals surface area contributed by atoms with Crippen LogP contribution >= 0.6 is 11.6 Å². The molecule has 2 aromatic carbocycles. The van der Waals surface area contributed by atoms with Crippen LogP contribution in [-0.2, 0) is 10.2 Å². The number of carbonyl (C=O) groups is 2. The molecular formula is C27H30ClN3O2. The molecule has 172 valence electrons. The number of carbonyl (C=O) groups excluding carboxylic acids is 2. The molecule has 2 saturated carbocycles. The molecule has 2 N–H and O–H groups in total. The number of nitrogens with one attached hydrogen (secondary N) is 2. The lowest BCUT2D eigenvalue weighted by molar-refractivity contribution is -0.124. The Balaban J connectivity index is 1.10. The van der Waals surface area contributed by atoms with E-state index in [-0.39, 0.29) is 23.3 Å². The standard InChI is InChI=1S/C27H30ClN3O2/c28-19-5-3-18(4-6-19)27(13-14-27)26(33)30-21-15-23-11-12-24(16-21)31(23)22-9-1-17(2-10-22)25(32)29-20-7-8-20/h1-6,9-10,20-21,23-24H,7-8,11-16H2,(H,29,32)(H,30,33)/t21-,23+,24-. The van der Waals surface area contributed by atoms with Gasteiger partial charge < -0.3 is 15.5 Å². The average molecular weight is 464 g/mol. The predicted octanol–water partition coefficient (Wildman–Crippen LogP) is 4.58. The van der Waals surface area contributed by atoms with Gasteiger partial charge in [-0.3, -0.25) is 9.59 Å². The van der Waals surface area contributed by atoms with E-state index in [1.165, 1.54) is 5.69 Å². The number of fused-ring (bicyclic) bond motifs is 2. The fraction of sp³-hybridized carbons (Fsp3) is 0.481. The van der Waals surface area contributed by atoms with Crippen molar-refractivity contribution in [3.05, 3.63) is 64.7 Å². The van der Waals surface area contributed by atoms with Gasteiger partial charge in [-0.1, -0.05) is 23.7 Å². The lowest BCUT2D eigenvalue weighted by Gasteiger charge is -2.41. The van der Waals surface area contributed by atoms with Crippen LogP contribution in [0.1, 0.15) is 67.3 Å². The SMILES string of the molecule is O=C(NC1CC1)c1ccc(N2[C@@H]3CC[C@H]2C[C@@H](NC(=O)C2(c4ccc(Cl)cc4)CC2)C3)cc1. The molecule has 2 saturated heterocycles. The van der Waals surface area contributed by atoms with Gasteiger partial charge in [0, 0.05) is 40.4 Å². The van der Waals surface area contributed by atoms with Gasteiger partial charge in [0.15, 0.2) is 0 Å². The molecule has 4 fully saturated rings. The largest absolute Gasteiger partial charge is 0.365 e. The van der Waals surface area contributed by atoms with Gasteiger partial charge in [-0.25, -0.2) is 0 Å². The molecule has 2 aliphatic carbocycles. The fourth-order valence-corrected chi connectivity index (χ4v) is 5.99. The molecule has 0 aromatic heterocycles. The summed E-state index contributed by atoms with van der Waals surface area (Å²) in [6, 6.07) is 17.3. The minimum Gasteiger partial charge on any atom is -0.365 e. The maximum absolute atomic E-state index is 13.3. The Morgan fingerprint density at radius 3 is 2.03 bits per heavy atom. The molecule has 6 heteroatoms. The van der Waals surface area contributed by atoms with Gasteiger partial charge in [-0.15, -0.1) is 0 Å². The van der Waals surface area contributed by atoms with Gasteiger partial charge in [0.1, 0.15) is 0 Å². The Kier molecular flexibility index (Phi) is 5.13. The van der Waals surface area contributed by atoms with E-state index in [9.17, 15) is 9.59 Å². The van der Waals surface area contributed by atoms with Gasteiger partial charge >= 0.3 is 0 Å². The van der Waals surface area contributed by atoms with Crippen molar-refractivity contribution in [2.45, 2.75) is 80.9 Å². The third-order valence-electron chi connectivity index (χ3n) is 7.99. The maximum Gasteiger partial charge on any atom is 0.251 e. The summed E-state index contributed by atoms with van der Waals surface area (Å²) in [6.45, 7) is 0. The van der Waals surface area contributed by atoms with Crippen LogP contribution in [0.5, 0.6) is 0 Å². The Morgan fingerprint density at radius 2 is 1.45 bits per heavy atom. The van der Waals surface area contributed by atoms with Crippen LogP contribution in [0.25, 0.3) is 0 Å². The molecule has 2 aromatic rings. The van der Waals surface area contributed by atoms with E-state index in [1.54, 1.807) is 0 Å². The van der Waals surface area contributed by atoms with Crippen molar-refractivity contribution in [3.63, 3.8) is 0 Å². The highest BCUT2D eigenvalue weighted by Crippen LogP contribution is 2.49. The van der Waals surface area contributed by atoms with E-state index in [1.807, 2.05) is 36.4 Å². The topological polar surface area (TPSA) is 61.4 Å². The van der Waals surface area contributed by atoms with E-state index < -0.39 is 0 Å². The first-order chi connectivity index (χ1) is 16.0. The van der Waals surface area contributed by atoms with Crippen LogP contribution in [0.4, 0.5) is 5.69 Å². The second-order valence-electron chi connectivity index (χ2n) is 10.3. The fourth-order valence-electron chi connectivity index (χ4n) is 5.86. The van der Waals surface area contributed by atoms with Crippen LogP contribution in [-0.4, -0.2) is 36.0 Å². The zero-order chi connectivity index (χ0) is 22.6. The van der Waals surface area contributed by atoms with Gasteiger partial charge in [-0.05, 0) is 93.3 Å². The van der Waals surface area contributed by atoms with Crippen molar-refractivity contribution in [2.75, 3.05) is 4.90 Å². The highest BCUT2D eigenvalue weighted by Gasteiger charge is 2.52. The summed E-state index contributed by atoms with van der Waals surface area (Å²) in [6.07, 6.45) is 8.27. The van der Waals surface area contributed by atoms with Crippen LogP contribution in [0, 0.1) is 0 Å². The molecule has 3 atom stereocenters. The predicted molar refractivity (Wildman–Crippen MR) is 130 cm³/mol. The molecule has 4 aliphatic rings. The first-order valence-electron chi connectivity index (χ1n) is 12.3. The number of rotatable bonds is 6. The smallest absolute Gasteiger partial charge is 0.251 e. The Hall–Kier alpha value is -2.53. The van der Waals surface area contributed by atoms with E-state index in [0.29, 0.717) is 23.1 Å². The molecule has 0 unspecified atom stereocenters. The van der Waals surface area contributed by atoms with E-state index in [0.717, 1.165) is 62.5 Å². The van der Waals surface area contributed by atoms with Crippen molar-refractivity contribution in [1.82, 2.24) is 10.6 Å². The van der Waals surface area contributed by atoms with Crippen LogP contribution in [0.2, 0.25) is 5.02 Å². The first kappa shape index (κ1) is 21.0. The Bertz CT molecular complexity index is 1050. The molecular weight excluding hydrogens is 434 g/mol. The highest BCUT2D eigenvalue weighted by atomic mass is 35.5. The molecule has 33 heavy (non-hydrogen) atoms. The Morgan fingerprint density at radius 1 is 0.818 bits per heavy atom. The summed E-state index contributed by atoms with van der Waals surface area (Å²) >= 11 is 6.04. The number of amides is 2. The molecule has 2 heterocycles. The zero-order valence-electron chi connectivity index (χ0n) is 18.7. The molecule has 2 bridgehead atoms. The number of hydrogen-bond acceptors (Lipinski definition) is 3. The molecule has 2 amide bonds. The molecule has 0 spiro atoms. The molecule has 2 aliphatic heterocycles. The number of piperidine rings is 1. The number of hydrogen-bond donors (Lipinski definition) is 2. The summed E-state index contributed by atoms with van der Waals surface area (Å²) in [5, 5.41) is 7.16. The summed E-state index contributed by atoms with van der Waals surface area (Å²) in [4.78, 5) is 28.1. The quantitative estimate of drug-likeness (QED) is 0.659. The van der Waals surface area contributed by atoms with E-state index in [2.05, 4.69) is 27.7 Å². The Labute approximate surface area is 199 Å². The van der Waals surface area contributed by atoms with E-state index in [4.69, 9.17) is 11.6 Å². The van der Waals surface area contributed by atoms with Crippen molar-refractivity contribution in [2.24, 2.45) is 0 Å². The van der Waals surface area contributed by atoms with Crippen molar-refractivity contribution in [3.8, 4) is 0 Å². The van der Waals surface area contributed by atoms with Crippen molar-refractivity contribution in [1.29, 1.82) is 0 Å². The minimum absolute atomic E-state index is 0.0307. The average Bonchev–Trinajstić information content (AvgIpc) is 3.73. The second-order valence-corrected chi connectivity index (χ2v) is 10.8. The number of nitrogens with zero attached hydrogens (tertiary/aromatic N) is 1. The second kappa shape index (κ2) is 8.05. The highest BCUT2D eigenvalue weighted by molar-refractivity contribution is 6.30. The molecule has 6 rings (SSSR count). The number of benzene rings is 2. The zero-order valence-corrected chi connectivity index (χ0v) is 19.5. The lowest BCUT2D eigenvalue weighted by Crippen LogP contribution is -2.52. The maximum atomic E-state index is 13.3. The van der Waals surface area contributed by atoms with Crippen LogP contribution < -0.4 is 15.5 Å². The third kappa shape index (κ3) is 4.01. The summed E-state index contributed by atoms with van der Waals surface area (Å²) in [7, 11) is 0. The first-order valence-corrected chi connectivity index (χ1v) is 12.7. The van der Waals surface area contributed by atoms with Gasteiger partial charge in [0.25, 0.3) is 5.91 Å². The van der Waals surface area contributed by atoms with Crippen molar-refractivity contribution < 1.29 is 9.59 Å². The molecule has 0 radical (unpaired) electrons. The lowest BCUT2D eigenvalue weighted by atomic mass is 9.92. The van der Waals surface area contributed by atoms with Crippen LogP contribution in [0.15, 0.2) is 48.5 Å². The van der Waals surface area contributed by atoms with Crippen molar-refractivity contribution >= 4 is 29.1 Å². The van der Waals surface area contributed by atoms with Crippen LogP contribution in [0.3, 0.4) is 0 Å². The summed E-state index contributed by atoms with van der Waals surface area (Å²) in [5.41, 5.74) is 2.64. The monoisotopic (exact) mass is 463 g/mol. The normalized spacial score (nSPS) is 27.2. The van der Waals surface area contributed by atoms with E-state index >= 15 is 0 Å². The van der Waals surface area contributed by atoms with Gasteiger partial charge in [0.05, 0.1) is 5.41 Å². The number of anilines is 1. The van der Waals surface area contributed by atoms with Gasteiger partial charge in [-0.2, -0.15) is 0 Å². The summed E-state index contributed by atoms with van der Waals surface area (Å²) in [5.74, 6) is 0.205. The summed E-state index contributed by atoms with van der Waals surface area (Å²) < 4.78 is 0.